The Labute approximate surface area is 154 Å². The number of benzene rings is 2. The van der Waals surface area contributed by atoms with Gasteiger partial charge in [0.15, 0.2) is 5.82 Å². The highest BCUT2D eigenvalue weighted by Gasteiger charge is 2.25. The molecule has 0 fully saturated rings. The molecule has 2 N–H and O–H groups in total. The molecule has 0 atom stereocenters. The lowest BCUT2D eigenvalue weighted by Crippen LogP contribution is -1.96. The summed E-state index contributed by atoms with van der Waals surface area (Å²) in [5, 5.41) is 15.9. The molecule has 5 rings (SSSR count). The first-order valence-electron chi connectivity index (χ1n) is 8.54. The summed E-state index contributed by atoms with van der Waals surface area (Å²) < 4.78 is 6.25. The zero-order chi connectivity index (χ0) is 17.7. The van der Waals surface area contributed by atoms with Crippen molar-refractivity contribution in [3.63, 3.8) is 0 Å². The Balaban J connectivity index is 1.60. The summed E-state index contributed by atoms with van der Waals surface area (Å²) >= 11 is 6.59. The molecular formula is C19H16ClN5O. The smallest absolute Gasteiger partial charge is 0.179 e. The van der Waals surface area contributed by atoms with Crippen LogP contribution < -0.4 is 4.74 Å². The standard InChI is InChI=1S/C19H16ClN5O/c1-10-9-21-17-6-5-11(7-14(10)17)26-18-13-4-2-3-12(13)15(8-16(18)20)19-22-24-25-23-19/h5-9,21H,2-4H2,1H3,(H,22,23,24,25). The van der Waals surface area contributed by atoms with E-state index in [0.717, 1.165) is 52.8 Å². The van der Waals surface area contributed by atoms with Gasteiger partial charge in [-0.2, -0.15) is 0 Å². The topological polar surface area (TPSA) is 79.5 Å². The summed E-state index contributed by atoms with van der Waals surface area (Å²) in [5.41, 5.74) is 5.60. The van der Waals surface area contributed by atoms with Crippen molar-refractivity contribution in [2.45, 2.75) is 26.2 Å². The van der Waals surface area contributed by atoms with Gasteiger partial charge in [0, 0.05) is 28.2 Å². The van der Waals surface area contributed by atoms with Crippen molar-refractivity contribution >= 4 is 22.5 Å². The zero-order valence-corrected chi connectivity index (χ0v) is 14.9. The number of tetrazole rings is 1. The van der Waals surface area contributed by atoms with Crippen molar-refractivity contribution in [3.05, 3.63) is 52.2 Å². The summed E-state index contributed by atoms with van der Waals surface area (Å²) in [6.45, 7) is 2.08. The van der Waals surface area contributed by atoms with Gasteiger partial charge < -0.3 is 9.72 Å². The van der Waals surface area contributed by atoms with E-state index in [4.69, 9.17) is 16.3 Å². The summed E-state index contributed by atoms with van der Waals surface area (Å²) in [6, 6.07) is 7.93. The third-order valence-corrected chi connectivity index (χ3v) is 5.27. The minimum Gasteiger partial charge on any atom is -0.455 e. The van der Waals surface area contributed by atoms with Crippen LogP contribution in [-0.4, -0.2) is 25.6 Å². The second-order valence-electron chi connectivity index (χ2n) is 6.58. The van der Waals surface area contributed by atoms with E-state index in [0.29, 0.717) is 10.8 Å². The molecule has 7 heteroatoms. The van der Waals surface area contributed by atoms with E-state index in [1.165, 1.54) is 11.1 Å². The van der Waals surface area contributed by atoms with Crippen LogP contribution in [0.15, 0.2) is 30.5 Å². The summed E-state index contributed by atoms with van der Waals surface area (Å²) in [6.07, 6.45) is 4.97. The predicted octanol–water partition coefficient (Wildman–Crippen LogP) is 4.59. The maximum Gasteiger partial charge on any atom is 0.179 e. The van der Waals surface area contributed by atoms with Crippen LogP contribution in [0.3, 0.4) is 0 Å². The first-order chi connectivity index (χ1) is 12.7. The molecule has 1 aliphatic rings. The minimum absolute atomic E-state index is 0.572. The van der Waals surface area contributed by atoms with Gasteiger partial charge in [-0.25, -0.2) is 5.10 Å². The van der Waals surface area contributed by atoms with Gasteiger partial charge in [-0.15, -0.1) is 5.10 Å². The van der Waals surface area contributed by atoms with E-state index in [2.05, 4.69) is 32.5 Å². The number of aromatic nitrogens is 5. The van der Waals surface area contributed by atoms with Crippen LogP contribution >= 0.6 is 11.6 Å². The van der Waals surface area contributed by atoms with Gasteiger partial charge in [-0.3, -0.25) is 0 Å². The summed E-state index contributed by atoms with van der Waals surface area (Å²) in [4.78, 5) is 3.25. The molecule has 0 bridgehead atoms. The predicted molar refractivity (Wildman–Crippen MR) is 99.8 cm³/mol. The van der Waals surface area contributed by atoms with Crippen molar-refractivity contribution in [3.8, 4) is 22.9 Å². The van der Waals surface area contributed by atoms with Crippen LogP contribution in [0.5, 0.6) is 11.5 Å². The molecule has 130 valence electrons. The molecule has 2 aromatic carbocycles. The van der Waals surface area contributed by atoms with Gasteiger partial charge in [0.1, 0.15) is 11.5 Å². The summed E-state index contributed by atoms with van der Waals surface area (Å²) in [7, 11) is 0. The maximum atomic E-state index is 6.59. The first-order valence-corrected chi connectivity index (χ1v) is 8.92. The molecule has 0 amide bonds. The van der Waals surface area contributed by atoms with Crippen LogP contribution in [0, 0.1) is 6.92 Å². The zero-order valence-electron chi connectivity index (χ0n) is 14.1. The molecule has 0 aliphatic heterocycles. The molecule has 2 heterocycles. The van der Waals surface area contributed by atoms with Crippen LogP contribution in [0.4, 0.5) is 0 Å². The number of nitrogens with zero attached hydrogens (tertiary/aromatic N) is 3. The van der Waals surface area contributed by atoms with Crippen molar-refractivity contribution in [2.24, 2.45) is 0 Å². The Morgan fingerprint density at radius 2 is 2.04 bits per heavy atom. The van der Waals surface area contributed by atoms with Gasteiger partial charge in [-0.1, -0.05) is 11.6 Å². The Morgan fingerprint density at radius 3 is 2.88 bits per heavy atom. The van der Waals surface area contributed by atoms with Crippen molar-refractivity contribution in [1.29, 1.82) is 0 Å². The molecule has 0 spiro atoms. The number of fused-ring (bicyclic) bond motifs is 2. The second-order valence-corrected chi connectivity index (χ2v) is 6.98. The molecule has 0 saturated heterocycles. The molecular weight excluding hydrogens is 350 g/mol. The number of halogens is 1. The first kappa shape index (κ1) is 15.4. The van der Waals surface area contributed by atoms with Gasteiger partial charge in [0.25, 0.3) is 0 Å². The highest BCUT2D eigenvalue weighted by molar-refractivity contribution is 6.32. The second kappa shape index (κ2) is 5.85. The van der Waals surface area contributed by atoms with Gasteiger partial charge in [0.2, 0.25) is 0 Å². The van der Waals surface area contributed by atoms with Crippen molar-refractivity contribution < 1.29 is 4.74 Å². The van der Waals surface area contributed by atoms with E-state index in [-0.39, 0.29) is 0 Å². The normalized spacial score (nSPS) is 13.3. The van der Waals surface area contributed by atoms with E-state index >= 15 is 0 Å². The number of H-pyrrole nitrogens is 2. The maximum absolute atomic E-state index is 6.59. The number of aryl methyl sites for hydroxylation is 1. The van der Waals surface area contributed by atoms with Crippen molar-refractivity contribution in [1.82, 2.24) is 25.6 Å². The molecule has 4 aromatic rings. The molecule has 6 nitrogen and oxygen atoms in total. The van der Waals surface area contributed by atoms with Gasteiger partial charge in [0.05, 0.1) is 5.02 Å². The number of aromatic amines is 2. The van der Waals surface area contributed by atoms with Crippen LogP contribution in [0.1, 0.15) is 23.1 Å². The Morgan fingerprint density at radius 1 is 1.15 bits per heavy atom. The highest BCUT2D eigenvalue weighted by atomic mass is 35.5. The summed E-state index contributed by atoms with van der Waals surface area (Å²) in [5.74, 6) is 2.16. The lowest BCUT2D eigenvalue weighted by Gasteiger charge is -2.15. The SMILES string of the molecule is Cc1c[nH]c2ccc(Oc3c(Cl)cc(-c4nnn[nH]4)c4c3CCC4)cc12. The third kappa shape index (κ3) is 2.37. The Hall–Kier alpha value is -2.86. The van der Waals surface area contributed by atoms with E-state index in [1.807, 2.05) is 30.5 Å². The number of hydrogen-bond donors (Lipinski definition) is 2. The Kier molecular flexibility index (Phi) is 3.46. The van der Waals surface area contributed by atoms with E-state index in [9.17, 15) is 0 Å². The van der Waals surface area contributed by atoms with E-state index in [1.54, 1.807) is 0 Å². The van der Waals surface area contributed by atoms with Gasteiger partial charge >= 0.3 is 0 Å². The Bertz CT molecular complexity index is 1120. The van der Waals surface area contributed by atoms with Crippen LogP contribution in [0.25, 0.3) is 22.3 Å². The highest BCUT2D eigenvalue weighted by Crippen LogP contribution is 2.43. The molecule has 0 radical (unpaired) electrons. The number of hydrogen-bond acceptors (Lipinski definition) is 4. The lowest BCUT2D eigenvalue weighted by molar-refractivity contribution is 0.478. The molecule has 26 heavy (non-hydrogen) atoms. The molecule has 1 aliphatic carbocycles. The quantitative estimate of drug-likeness (QED) is 0.556. The van der Waals surface area contributed by atoms with Crippen LogP contribution in [-0.2, 0) is 12.8 Å². The fraction of sp³-hybridized carbons (Fsp3) is 0.211. The third-order valence-electron chi connectivity index (χ3n) is 4.99. The number of nitrogens with one attached hydrogen (secondary N) is 2. The molecule has 0 saturated carbocycles. The van der Waals surface area contributed by atoms with Crippen LogP contribution in [0.2, 0.25) is 5.02 Å². The van der Waals surface area contributed by atoms with Gasteiger partial charge in [-0.05, 0) is 72.0 Å². The lowest BCUT2D eigenvalue weighted by atomic mass is 10.0. The largest absolute Gasteiger partial charge is 0.455 e. The molecule has 2 aromatic heterocycles. The average molecular weight is 366 g/mol. The minimum atomic E-state index is 0.572. The van der Waals surface area contributed by atoms with E-state index < -0.39 is 0 Å². The molecule has 0 unspecified atom stereocenters. The fourth-order valence-electron chi connectivity index (χ4n) is 3.73. The number of ether oxygens (including phenoxy) is 1. The average Bonchev–Trinajstić information content (AvgIpc) is 3.39. The number of rotatable bonds is 3. The monoisotopic (exact) mass is 365 g/mol. The fourth-order valence-corrected chi connectivity index (χ4v) is 3.99. The van der Waals surface area contributed by atoms with Crippen molar-refractivity contribution in [2.75, 3.05) is 0 Å².